The van der Waals surface area contributed by atoms with E-state index in [1.165, 1.54) is 127 Å². The first-order chi connectivity index (χ1) is 36.2. The van der Waals surface area contributed by atoms with E-state index in [9.17, 15) is 30.6 Å². The van der Waals surface area contributed by atoms with Crippen molar-refractivity contribution in [3.05, 3.63) is 11.1 Å². The van der Waals surface area contributed by atoms with E-state index in [2.05, 4.69) is 22.3 Å². The van der Waals surface area contributed by atoms with Crippen molar-refractivity contribution >= 4 is 0 Å². The van der Waals surface area contributed by atoms with E-state index in [0.717, 1.165) is 235 Å². The van der Waals surface area contributed by atoms with E-state index in [-0.39, 0.29) is 33.6 Å². The van der Waals surface area contributed by atoms with Crippen molar-refractivity contribution in [3.63, 3.8) is 0 Å². The van der Waals surface area contributed by atoms with E-state index >= 15 is 0 Å². The number of rotatable bonds is 2. The molecule has 0 saturated heterocycles. The van der Waals surface area contributed by atoms with Crippen LogP contribution in [-0.2, 0) is 38.3 Å². The second-order valence-electron chi connectivity index (χ2n) is 32.7. The van der Waals surface area contributed by atoms with Gasteiger partial charge in [-0.25, -0.2) is 0 Å². The molecule has 24 aliphatic rings. The Bertz CT molecular complexity index is 1620. The fourth-order valence-corrected chi connectivity index (χ4v) is 26.4. The van der Waals surface area contributed by atoms with Crippen molar-refractivity contribution in [1.29, 1.82) is 0 Å². The third-order valence-electron chi connectivity index (χ3n) is 25.4. The summed E-state index contributed by atoms with van der Waals surface area (Å²) in [4.78, 5) is 0. The minimum absolute atomic E-state index is 0.200. The topological polar surface area (TPSA) is 121 Å². The van der Waals surface area contributed by atoms with Crippen LogP contribution in [0.4, 0.5) is 0 Å². The summed E-state index contributed by atoms with van der Waals surface area (Å²) in [6.45, 7) is 4.31. The van der Waals surface area contributed by atoms with Crippen LogP contribution in [-0.4, -0.2) is 64.2 Å². The molecule has 0 aliphatic heterocycles. The van der Waals surface area contributed by atoms with Crippen molar-refractivity contribution in [2.45, 2.75) is 291 Å². The summed E-state index contributed by atoms with van der Waals surface area (Å²) >= 11 is 3.80. The quantitative estimate of drug-likeness (QED) is 0.153. The molecule has 24 bridgehead atoms. The van der Waals surface area contributed by atoms with Gasteiger partial charge in [-0.05, 0) is 338 Å². The normalized spacial score (nSPS) is 53.8. The summed E-state index contributed by atoms with van der Waals surface area (Å²) in [7, 11) is 0. The van der Waals surface area contributed by atoms with Crippen molar-refractivity contribution in [3.8, 4) is 8.40 Å². The largest absolute Gasteiger partial charge is 0.390 e. The van der Waals surface area contributed by atoms with Gasteiger partial charge in [-0.3, -0.25) is 0 Å². The van der Waals surface area contributed by atoms with Gasteiger partial charge in [0.25, 0.3) is 0 Å². The minimum Gasteiger partial charge on any atom is -0.390 e. The van der Waals surface area contributed by atoms with Gasteiger partial charge in [0.05, 0.1) is 33.6 Å². The summed E-state index contributed by atoms with van der Waals surface area (Å²) in [6.07, 6.45) is 48.1. The Morgan fingerprint density at radius 1 is 0.250 bits per heavy atom. The Balaban J connectivity index is 0.0000000894. The van der Waals surface area contributed by atoms with Crippen molar-refractivity contribution in [2.75, 3.05) is 0 Å². The molecule has 0 unspecified atom stereocenters. The van der Waals surface area contributed by atoms with Crippen LogP contribution in [0.25, 0.3) is 0 Å². The Kier molecular flexibility index (Phi) is 16.8. The smallest absolute Gasteiger partial charge is 0.0655 e. The van der Waals surface area contributed by atoms with Gasteiger partial charge in [-0.15, -0.1) is 0 Å². The zero-order chi connectivity index (χ0) is 52.8. The van der Waals surface area contributed by atoms with Gasteiger partial charge >= 0.3 is 84.5 Å². The number of hydrogen-bond donors (Lipinski definition) is 6. The molecule has 8 heteroatoms. The summed E-state index contributed by atoms with van der Waals surface area (Å²) in [5, 5.41) is 60.6. The first kappa shape index (κ1) is 56.9. The van der Waals surface area contributed by atoms with E-state index in [1.807, 2.05) is 38.3 Å². The van der Waals surface area contributed by atoms with Crippen LogP contribution in [0.5, 0.6) is 0 Å². The Hall–Kier alpha value is 0.437. The summed E-state index contributed by atoms with van der Waals surface area (Å²) < 4.78 is 6.36. The molecule has 0 atom stereocenters. The fourth-order valence-electron chi connectivity index (χ4n) is 25.1. The molecule has 0 heterocycles. The summed E-state index contributed by atoms with van der Waals surface area (Å²) in [5.74, 6) is 16.1. The molecule has 24 fully saturated rings. The summed E-state index contributed by atoms with van der Waals surface area (Å²) in [5.41, 5.74) is 1.44. The SMILES string of the molecule is CC/C([C]#[Mo])=C(\[C]#[Mo])CC.OC12CC3CC(CC(C3)C1)C2.OC12CC3CC(CC(C3)C1)C2.OC12CC3CC(CC(C3)C1)C2.OC12CC3CC(CC(C3)C1)C2.OC12CC3CC(CC(C3)C1)C2.OC12CC3CC(CC(C3)C1)C2. The Morgan fingerprint density at radius 3 is 0.395 bits per heavy atom. The summed E-state index contributed by atoms with van der Waals surface area (Å²) in [6, 6.07) is 0. The maximum atomic E-state index is 10.1. The van der Waals surface area contributed by atoms with Crippen molar-refractivity contribution < 1.29 is 68.9 Å². The van der Waals surface area contributed by atoms with Gasteiger partial charge in [0, 0.05) is 0 Å². The third-order valence-corrected chi connectivity index (χ3v) is 26.6. The third kappa shape index (κ3) is 13.2. The van der Waals surface area contributed by atoms with Gasteiger partial charge in [0.15, 0.2) is 0 Å². The van der Waals surface area contributed by atoms with Crippen LogP contribution in [0, 0.1) is 115 Å². The fraction of sp³-hybridized carbons (Fsp3) is 0.941. The molecule has 24 saturated carbocycles. The Labute approximate surface area is 483 Å². The second-order valence-corrected chi connectivity index (χ2v) is 33.7. The minimum atomic E-state index is -0.200. The molecule has 0 amide bonds. The first-order valence-electron chi connectivity index (χ1n) is 33.0. The van der Waals surface area contributed by atoms with E-state index in [0.29, 0.717) is 0 Å². The van der Waals surface area contributed by atoms with Gasteiger partial charge in [0.2, 0.25) is 0 Å². The molecule has 24 rings (SSSR count). The van der Waals surface area contributed by atoms with Gasteiger partial charge < -0.3 is 30.6 Å². The molecular formula is C68H106Mo2O6. The maximum Gasteiger partial charge on any atom is 0.0655 e. The van der Waals surface area contributed by atoms with Crippen molar-refractivity contribution in [1.82, 2.24) is 0 Å². The first-order valence-corrected chi connectivity index (χ1v) is 35.0. The zero-order valence-electron chi connectivity index (χ0n) is 47.8. The van der Waals surface area contributed by atoms with E-state index in [4.69, 9.17) is 0 Å². The van der Waals surface area contributed by atoms with Gasteiger partial charge in [-0.1, -0.05) is 0 Å². The van der Waals surface area contributed by atoms with Crippen molar-refractivity contribution in [2.24, 2.45) is 107 Å². The van der Waals surface area contributed by atoms with Crippen LogP contribution in [0.2, 0.25) is 0 Å². The molecule has 0 spiro atoms. The molecule has 76 heavy (non-hydrogen) atoms. The predicted octanol–water partition coefficient (Wildman–Crippen LogP) is 13.8. The van der Waals surface area contributed by atoms with E-state index in [1.54, 1.807) is 0 Å². The van der Waals surface area contributed by atoms with Crippen LogP contribution in [0.1, 0.15) is 258 Å². The zero-order valence-corrected chi connectivity index (χ0v) is 51.8. The second kappa shape index (κ2) is 22.5. The molecule has 0 aromatic rings. The molecule has 24 aliphatic carbocycles. The average Bonchev–Trinajstić information content (AvgIpc) is 3.29. The monoisotopic (exact) mass is 1210 g/mol. The molecular weight excluding hydrogens is 1100 g/mol. The van der Waals surface area contributed by atoms with Gasteiger partial charge in [0.1, 0.15) is 0 Å². The molecule has 6 nitrogen and oxygen atoms in total. The molecule has 0 aromatic heterocycles. The number of aliphatic hydroxyl groups is 6. The maximum absolute atomic E-state index is 10.1. The molecule has 0 aromatic carbocycles. The predicted molar refractivity (Wildman–Crippen MR) is 294 cm³/mol. The number of hydrogen-bond acceptors (Lipinski definition) is 6. The van der Waals surface area contributed by atoms with Crippen LogP contribution in [0.3, 0.4) is 0 Å². The Morgan fingerprint density at radius 2 is 0.342 bits per heavy atom. The van der Waals surface area contributed by atoms with E-state index < -0.39 is 0 Å². The standard InChI is InChI=1S/6C10H16O.C8H10.2Mo/c6*11-10-4-7-1-8(5-10)3-9(2-7)6-10;1-5-7(3)8(4)6-2;;/h6*7-9,11H,1-6H2;5-6H2,1-2H3;;/b;;;;;;8-7+;;. The molecule has 426 valence electrons. The van der Waals surface area contributed by atoms with Crippen LogP contribution in [0.15, 0.2) is 11.1 Å². The van der Waals surface area contributed by atoms with Crippen LogP contribution >= 0.6 is 0 Å². The molecule has 0 radical (unpaired) electrons. The van der Waals surface area contributed by atoms with Crippen LogP contribution < -0.4 is 0 Å². The average molecular weight is 1210 g/mol. The van der Waals surface area contributed by atoms with Gasteiger partial charge in [-0.2, -0.15) is 0 Å². The molecule has 6 N–H and O–H groups in total. The number of allylic oxidation sites excluding steroid dienone is 2.